The lowest BCUT2D eigenvalue weighted by atomic mass is 9.88. The van der Waals surface area contributed by atoms with Crippen LogP contribution in [0.15, 0.2) is 23.2 Å². The Balaban J connectivity index is 0.00000392. The molecule has 0 atom stereocenters. The Morgan fingerprint density at radius 3 is 2.57 bits per heavy atom. The first-order chi connectivity index (χ1) is 13.0. The number of ether oxygens (including phenoxy) is 2. The molecule has 0 saturated carbocycles. The largest absolute Gasteiger partial charge is 0.493 e. The number of benzene rings is 1. The molecule has 0 spiro atoms. The van der Waals surface area contributed by atoms with Crippen LogP contribution in [-0.2, 0) is 11.3 Å². The number of nitrogens with one attached hydrogen (secondary N) is 2. The van der Waals surface area contributed by atoms with Crippen LogP contribution in [0.1, 0.15) is 37.3 Å². The van der Waals surface area contributed by atoms with Gasteiger partial charge in [-0.1, -0.05) is 19.1 Å². The van der Waals surface area contributed by atoms with Crippen LogP contribution in [0, 0.1) is 6.92 Å². The molecule has 2 N–H and O–H groups in total. The van der Waals surface area contributed by atoms with E-state index < -0.39 is 0 Å². The molecule has 1 aromatic rings. The molecule has 2 rings (SSSR count). The quantitative estimate of drug-likeness (QED) is 0.324. The molecular formula is C21H37IN4O2. The highest BCUT2D eigenvalue weighted by Crippen LogP contribution is 2.25. The summed E-state index contributed by atoms with van der Waals surface area (Å²) in [5, 5.41) is 6.93. The molecule has 0 radical (unpaired) electrons. The van der Waals surface area contributed by atoms with Gasteiger partial charge in [-0.15, -0.1) is 24.0 Å². The lowest BCUT2D eigenvalue weighted by Gasteiger charge is -2.43. The smallest absolute Gasteiger partial charge is 0.191 e. The van der Waals surface area contributed by atoms with Gasteiger partial charge in [-0.25, -0.2) is 0 Å². The van der Waals surface area contributed by atoms with E-state index in [0.717, 1.165) is 62.9 Å². The number of halogens is 1. The lowest BCUT2D eigenvalue weighted by molar-refractivity contribution is -0.00501. The number of likely N-dealkylation sites (N-methyl/N-ethyl adjacent to an activating group) is 1. The fourth-order valence-electron chi connectivity index (χ4n) is 3.34. The van der Waals surface area contributed by atoms with Gasteiger partial charge in [0.25, 0.3) is 0 Å². The van der Waals surface area contributed by atoms with Crippen molar-refractivity contribution in [3.63, 3.8) is 0 Å². The lowest BCUT2D eigenvalue weighted by Crippen LogP contribution is -2.57. The first-order valence-corrected chi connectivity index (χ1v) is 9.93. The summed E-state index contributed by atoms with van der Waals surface area (Å²) in [5.74, 6) is 1.76. The fourth-order valence-corrected chi connectivity index (χ4v) is 3.34. The van der Waals surface area contributed by atoms with Crippen LogP contribution in [0.25, 0.3) is 0 Å². The van der Waals surface area contributed by atoms with E-state index in [-0.39, 0.29) is 29.5 Å². The summed E-state index contributed by atoms with van der Waals surface area (Å²) in [4.78, 5) is 6.70. The molecule has 1 heterocycles. The summed E-state index contributed by atoms with van der Waals surface area (Å²) in [6.07, 6.45) is 3.05. The van der Waals surface area contributed by atoms with Crippen molar-refractivity contribution < 1.29 is 9.47 Å². The molecular weight excluding hydrogens is 467 g/mol. The second-order valence-electron chi connectivity index (χ2n) is 7.47. The number of aryl methyl sites for hydroxylation is 1. The predicted octanol–water partition coefficient (Wildman–Crippen LogP) is 3.18. The van der Waals surface area contributed by atoms with Gasteiger partial charge in [0.1, 0.15) is 5.75 Å². The SMILES string of the molecule is CCCOc1cc(C)ccc1CNC(=NC)NCC1(N(C)C)CCOCC1.I. The molecule has 160 valence electrons. The molecule has 0 aromatic heterocycles. The van der Waals surface area contributed by atoms with Crippen molar-refractivity contribution in [1.29, 1.82) is 0 Å². The monoisotopic (exact) mass is 504 g/mol. The topological polar surface area (TPSA) is 58.1 Å². The number of hydrogen-bond donors (Lipinski definition) is 2. The molecule has 0 amide bonds. The van der Waals surface area contributed by atoms with Gasteiger partial charge in [0, 0.05) is 44.5 Å². The fraction of sp³-hybridized carbons (Fsp3) is 0.667. The normalized spacial score (nSPS) is 16.4. The Kier molecular flexibility index (Phi) is 11.1. The van der Waals surface area contributed by atoms with Gasteiger partial charge in [0.05, 0.1) is 6.61 Å². The van der Waals surface area contributed by atoms with Crippen LogP contribution in [0.3, 0.4) is 0 Å². The Morgan fingerprint density at radius 2 is 1.96 bits per heavy atom. The second kappa shape index (κ2) is 12.5. The van der Waals surface area contributed by atoms with Crippen molar-refractivity contribution >= 4 is 29.9 Å². The minimum Gasteiger partial charge on any atom is -0.493 e. The van der Waals surface area contributed by atoms with Crippen molar-refractivity contribution in [2.45, 2.75) is 45.2 Å². The highest BCUT2D eigenvalue weighted by atomic mass is 127. The summed E-state index contributed by atoms with van der Waals surface area (Å²) < 4.78 is 11.5. The molecule has 0 unspecified atom stereocenters. The third kappa shape index (κ3) is 7.08. The van der Waals surface area contributed by atoms with E-state index in [1.54, 1.807) is 0 Å². The third-order valence-electron chi connectivity index (χ3n) is 5.31. The summed E-state index contributed by atoms with van der Waals surface area (Å²) >= 11 is 0. The summed E-state index contributed by atoms with van der Waals surface area (Å²) in [6, 6.07) is 6.35. The van der Waals surface area contributed by atoms with Gasteiger partial charge in [0.2, 0.25) is 0 Å². The van der Waals surface area contributed by atoms with E-state index in [4.69, 9.17) is 9.47 Å². The number of nitrogens with zero attached hydrogens (tertiary/aromatic N) is 2. The van der Waals surface area contributed by atoms with Crippen LogP contribution in [0.4, 0.5) is 0 Å². The number of rotatable bonds is 8. The van der Waals surface area contributed by atoms with Crippen molar-refractivity contribution in [2.75, 3.05) is 47.5 Å². The van der Waals surface area contributed by atoms with Crippen LogP contribution < -0.4 is 15.4 Å². The Labute approximate surface area is 187 Å². The van der Waals surface area contributed by atoms with Gasteiger partial charge in [-0.2, -0.15) is 0 Å². The van der Waals surface area contributed by atoms with Crippen molar-refractivity contribution in [1.82, 2.24) is 15.5 Å². The zero-order chi connectivity index (χ0) is 19.7. The average molecular weight is 504 g/mol. The van der Waals surface area contributed by atoms with Crippen LogP contribution in [0.2, 0.25) is 0 Å². The maximum atomic E-state index is 5.91. The molecule has 1 aliphatic rings. The molecule has 1 saturated heterocycles. The zero-order valence-corrected chi connectivity index (χ0v) is 20.3. The molecule has 7 heteroatoms. The Morgan fingerprint density at radius 1 is 1.25 bits per heavy atom. The number of guanidine groups is 1. The summed E-state index contributed by atoms with van der Waals surface area (Å²) in [5.41, 5.74) is 2.46. The van der Waals surface area contributed by atoms with Crippen LogP contribution >= 0.6 is 24.0 Å². The second-order valence-corrected chi connectivity index (χ2v) is 7.47. The van der Waals surface area contributed by atoms with Crippen LogP contribution in [-0.4, -0.2) is 63.9 Å². The van der Waals surface area contributed by atoms with Gasteiger partial charge < -0.3 is 25.0 Å². The molecule has 1 fully saturated rings. The summed E-state index contributed by atoms with van der Waals surface area (Å²) in [6.45, 7) is 8.09. The predicted molar refractivity (Wildman–Crippen MR) is 127 cm³/mol. The highest BCUT2D eigenvalue weighted by molar-refractivity contribution is 14.0. The minimum atomic E-state index is 0. The van der Waals surface area contributed by atoms with E-state index in [0.29, 0.717) is 6.54 Å². The molecule has 0 aliphatic carbocycles. The van der Waals surface area contributed by atoms with Gasteiger partial charge >= 0.3 is 0 Å². The number of hydrogen-bond acceptors (Lipinski definition) is 4. The van der Waals surface area contributed by atoms with Gasteiger partial charge in [-0.3, -0.25) is 4.99 Å². The molecule has 6 nitrogen and oxygen atoms in total. The van der Waals surface area contributed by atoms with Crippen molar-refractivity contribution in [3.05, 3.63) is 29.3 Å². The van der Waals surface area contributed by atoms with E-state index in [2.05, 4.69) is 66.7 Å². The first kappa shape index (κ1) is 25.0. The molecule has 1 aliphatic heterocycles. The van der Waals surface area contributed by atoms with Gasteiger partial charge in [0.15, 0.2) is 5.96 Å². The maximum absolute atomic E-state index is 5.91. The molecule has 1 aromatic carbocycles. The van der Waals surface area contributed by atoms with E-state index in [1.807, 2.05) is 7.05 Å². The van der Waals surface area contributed by atoms with Crippen molar-refractivity contribution in [2.24, 2.45) is 4.99 Å². The number of aliphatic imine (C=N–C) groups is 1. The Bertz CT molecular complexity index is 616. The molecule has 0 bridgehead atoms. The van der Waals surface area contributed by atoms with Crippen LogP contribution in [0.5, 0.6) is 5.75 Å². The van der Waals surface area contributed by atoms with Gasteiger partial charge in [-0.05, 0) is 51.9 Å². The van der Waals surface area contributed by atoms with Crippen molar-refractivity contribution in [3.8, 4) is 5.75 Å². The van der Waals surface area contributed by atoms with E-state index >= 15 is 0 Å². The molecule has 28 heavy (non-hydrogen) atoms. The Hall–Kier alpha value is -1.06. The highest BCUT2D eigenvalue weighted by Gasteiger charge is 2.34. The minimum absolute atomic E-state index is 0. The van der Waals surface area contributed by atoms with E-state index in [1.165, 1.54) is 5.56 Å². The third-order valence-corrected chi connectivity index (χ3v) is 5.31. The zero-order valence-electron chi connectivity index (χ0n) is 18.0. The standard InChI is InChI=1S/C21H36N4O2.HI/c1-6-11-27-19-14-17(2)7-8-18(19)15-23-20(22-3)24-16-21(25(4)5)9-12-26-13-10-21;/h7-8,14H,6,9-13,15-16H2,1-5H3,(H2,22,23,24);1H. The first-order valence-electron chi connectivity index (χ1n) is 9.93. The average Bonchev–Trinajstić information content (AvgIpc) is 2.68. The summed E-state index contributed by atoms with van der Waals surface area (Å²) in [7, 11) is 6.10. The van der Waals surface area contributed by atoms with E-state index in [9.17, 15) is 0 Å². The maximum Gasteiger partial charge on any atom is 0.191 e.